The molecule has 1 unspecified atom stereocenters. The van der Waals surface area contributed by atoms with Gasteiger partial charge in [-0.25, -0.2) is 0 Å². The van der Waals surface area contributed by atoms with Crippen LogP contribution in [0.25, 0.3) is 0 Å². The maximum atomic E-state index is 12.2. The van der Waals surface area contributed by atoms with Crippen molar-refractivity contribution in [3.05, 3.63) is 0 Å². The highest BCUT2D eigenvalue weighted by Gasteiger charge is 2.32. The molecule has 0 saturated carbocycles. The molecule has 1 amide bonds. The lowest BCUT2D eigenvalue weighted by molar-refractivity contribution is -0.137. The Morgan fingerprint density at radius 1 is 1.07 bits per heavy atom. The minimum absolute atomic E-state index is 0.0850. The molecule has 4 nitrogen and oxygen atoms in total. The van der Waals surface area contributed by atoms with Crippen LogP contribution in [0.3, 0.4) is 0 Å². The van der Waals surface area contributed by atoms with Crippen molar-refractivity contribution in [2.75, 3.05) is 46.8 Å². The van der Waals surface area contributed by atoms with Crippen LogP contribution in [0.2, 0.25) is 0 Å². The molecule has 0 aromatic carbocycles. The highest BCUT2D eigenvalue weighted by Crippen LogP contribution is 2.14. The molecule has 2 fully saturated rings. The number of piperazine rings is 1. The van der Waals surface area contributed by atoms with Gasteiger partial charge in [-0.05, 0) is 26.9 Å². The van der Waals surface area contributed by atoms with Gasteiger partial charge in [0.25, 0.3) is 0 Å². The lowest BCUT2D eigenvalue weighted by Gasteiger charge is -2.38. The molecule has 4 heteroatoms. The van der Waals surface area contributed by atoms with Gasteiger partial charge in [0, 0.05) is 32.7 Å². The molecule has 0 spiro atoms. The summed E-state index contributed by atoms with van der Waals surface area (Å²) >= 11 is 0. The lowest BCUT2D eigenvalue weighted by atomic mass is 10.1. The van der Waals surface area contributed by atoms with Crippen LogP contribution in [0.4, 0.5) is 0 Å². The maximum Gasteiger partial charge on any atom is 0.241 e. The van der Waals surface area contributed by atoms with Gasteiger partial charge in [-0.3, -0.25) is 9.69 Å². The zero-order valence-electron chi connectivity index (χ0n) is 9.78. The first kappa shape index (κ1) is 10.9. The topological polar surface area (TPSA) is 26.8 Å². The third-order valence-electron chi connectivity index (χ3n) is 3.55. The molecule has 0 aliphatic carbocycles. The average Bonchev–Trinajstić information content (AvgIpc) is 2.74. The van der Waals surface area contributed by atoms with Gasteiger partial charge < -0.3 is 9.80 Å². The zero-order valence-corrected chi connectivity index (χ0v) is 9.78. The molecule has 1 atom stereocenters. The summed E-state index contributed by atoms with van der Waals surface area (Å²) in [6.45, 7) is 4.88. The highest BCUT2D eigenvalue weighted by molar-refractivity contribution is 5.82. The molecular weight excluding hydrogens is 190 g/mol. The third kappa shape index (κ3) is 2.32. The smallest absolute Gasteiger partial charge is 0.241 e. The molecule has 2 rings (SSSR count). The Balaban J connectivity index is 1.97. The normalized spacial score (nSPS) is 29.7. The van der Waals surface area contributed by atoms with Crippen molar-refractivity contribution in [2.45, 2.75) is 18.9 Å². The van der Waals surface area contributed by atoms with Gasteiger partial charge in [-0.2, -0.15) is 0 Å². The van der Waals surface area contributed by atoms with Gasteiger partial charge in [0.1, 0.15) is 6.04 Å². The monoisotopic (exact) mass is 211 g/mol. The van der Waals surface area contributed by atoms with Crippen LogP contribution in [0.1, 0.15) is 12.8 Å². The molecule has 0 bridgehead atoms. The van der Waals surface area contributed by atoms with Crippen molar-refractivity contribution >= 4 is 5.91 Å². The van der Waals surface area contributed by atoms with Crippen LogP contribution in [-0.2, 0) is 4.79 Å². The van der Waals surface area contributed by atoms with E-state index in [1.54, 1.807) is 0 Å². The molecular formula is C11H21N3O. The molecule has 0 aromatic rings. The van der Waals surface area contributed by atoms with Crippen molar-refractivity contribution in [1.29, 1.82) is 0 Å². The fourth-order valence-electron chi connectivity index (χ4n) is 2.43. The largest absolute Gasteiger partial charge is 0.341 e. The standard InChI is InChI=1S/C11H21N3O/c1-12-7-8-13(2)10(9-12)11(15)14-5-3-4-6-14/h10H,3-9H2,1-2H3. The molecule has 0 aromatic heterocycles. The van der Waals surface area contributed by atoms with E-state index >= 15 is 0 Å². The molecule has 15 heavy (non-hydrogen) atoms. The van der Waals surface area contributed by atoms with E-state index < -0.39 is 0 Å². The first-order chi connectivity index (χ1) is 7.18. The first-order valence-electron chi connectivity index (χ1n) is 5.86. The van der Waals surface area contributed by atoms with Crippen molar-refractivity contribution < 1.29 is 4.79 Å². The van der Waals surface area contributed by atoms with Gasteiger partial charge in [0.2, 0.25) is 5.91 Å². The third-order valence-corrected chi connectivity index (χ3v) is 3.55. The van der Waals surface area contributed by atoms with Crippen LogP contribution >= 0.6 is 0 Å². The predicted octanol–water partition coefficient (Wildman–Crippen LogP) is -0.145. The van der Waals surface area contributed by atoms with E-state index in [-0.39, 0.29) is 6.04 Å². The summed E-state index contributed by atoms with van der Waals surface area (Å²) in [6, 6.07) is 0.0850. The second kappa shape index (κ2) is 4.49. The Kier molecular flexibility index (Phi) is 3.26. The molecule has 2 heterocycles. The van der Waals surface area contributed by atoms with E-state index in [4.69, 9.17) is 0 Å². The van der Waals surface area contributed by atoms with Gasteiger partial charge >= 0.3 is 0 Å². The minimum Gasteiger partial charge on any atom is -0.341 e. The van der Waals surface area contributed by atoms with Crippen molar-refractivity contribution in [2.24, 2.45) is 0 Å². The maximum absolute atomic E-state index is 12.2. The lowest BCUT2D eigenvalue weighted by Crippen LogP contribution is -2.57. The molecule has 2 aliphatic heterocycles. The minimum atomic E-state index is 0.0850. The molecule has 2 aliphatic rings. The van der Waals surface area contributed by atoms with E-state index in [9.17, 15) is 4.79 Å². The number of hydrogen-bond acceptors (Lipinski definition) is 3. The van der Waals surface area contributed by atoms with E-state index in [0.717, 1.165) is 32.7 Å². The number of carbonyl (C=O) groups excluding carboxylic acids is 1. The van der Waals surface area contributed by atoms with Crippen LogP contribution in [-0.4, -0.2) is 73.5 Å². The molecule has 0 N–H and O–H groups in total. The number of rotatable bonds is 1. The Hall–Kier alpha value is -0.610. The van der Waals surface area contributed by atoms with Crippen LogP contribution in [0.5, 0.6) is 0 Å². The Bertz CT molecular complexity index is 238. The van der Waals surface area contributed by atoms with Crippen LogP contribution < -0.4 is 0 Å². The summed E-state index contributed by atoms with van der Waals surface area (Å²) < 4.78 is 0. The Morgan fingerprint density at radius 2 is 1.73 bits per heavy atom. The second-order valence-corrected chi connectivity index (χ2v) is 4.79. The molecule has 86 valence electrons. The fraction of sp³-hybridized carbons (Fsp3) is 0.909. The van der Waals surface area contributed by atoms with Gasteiger partial charge in [-0.15, -0.1) is 0 Å². The first-order valence-corrected chi connectivity index (χ1v) is 5.86. The Morgan fingerprint density at radius 3 is 2.40 bits per heavy atom. The van der Waals surface area contributed by atoms with Crippen molar-refractivity contribution in [3.63, 3.8) is 0 Å². The van der Waals surface area contributed by atoms with E-state index in [1.807, 2.05) is 4.90 Å². The number of amides is 1. The second-order valence-electron chi connectivity index (χ2n) is 4.79. The summed E-state index contributed by atoms with van der Waals surface area (Å²) in [7, 11) is 4.16. The fourth-order valence-corrected chi connectivity index (χ4v) is 2.43. The van der Waals surface area contributed by atoms with Crippen molar-refractivity contribution in [3.8, 4) is 0 Å². The number of likely N-dealkylation sites (N-methyl/N-ethyl adjacent to an activating group) is 2. The summed E-state index contributed by atoms with van der Waals surface area (Å²) in [5.41, 5.74) is 0. The summed E-state index contributed by atoms with van der Waals surface area (Å²) in [5, 5.41) is 0. The molecule has 2 saturated heterocycles. The number of nitrogens with zero attached hydrogens (tertiary/aromatic N) is 3. The number of carbonyl (C=O) groups is 1. The number of hydrogen-bond donors (Lipinski definition) is 0. The summed E-state index contributed by atoms with van der Waals surface area (Å²) in [5.74, 6) is 0.335. The summed E-state index contributed by atoms with van der Waals surface area (Å²) in [6.07, 6.45) is 2.36. The highest BCUT2D eigenvalue weighted by atomic mass is 16.2. The zero-order chi connectivity index (χ0) is 10.8. The van der Waals surface area contributed by atoms with E-state index in [1.165, 1.54) is 12.8 Å². The SMILES string of the molecule is CN1CCN(C)C(C(=O)N2CCCC2)C1. The van der Waals surface area contributed by atoms with Gasteiger partial charge in [0.05, 0.1) is 0 Å². The quantitative estimate of drug-likeness (QED) is 0.604. The van der Waals surface area contributed by atoms with Crippen LogP contribution in [0.15, 0.2) is 0 Å². The van der Waals surface area contributed by atoms with Gasteiger partial charge in [0.15, 0.2) is 0 Å². The summed E-state index contributed by atoms with van der Waals surface area (Å²) in [4.78, 5) is 18.7. The van der Waals surface area contributed by atoms with Crippen LogP contribution in [0, 0.1) is 0 Å². The molecule has 0 radical (unpaired) electrons. The Labute approximate surface area is 91.8 Å². The van der Waals surface area contributed by atoms with Crippen molar-refractivity contribution in [1.82, 2.24) is 14.7 Å². The predicted molar refractivity (Wildman–Crippen MR) is 59.7 cm³/mol. The van der Waals surface area contributed by atoms with Gasteiger partial charge in [-0.1, -0.05) is 0 Å². The number of likely N-dealkylation sites (tertiary alicyclic amines) is 1. The average molecular weight is 211 g/mol. The van der Waals surface area contributed by atoms with E-state index in [0.29, 0.717) is 5.91 Å². The van der Waals surface area contributed by atoms with E-state index in [2.05, 4.69) is 23.9 Å².